The third-order valence-corrected chi connectivity index (χ3v) is 3.57. The maximum Gasteiger partial charge on any atom is 0.223 e. The molecule has 122 valence electrons. The number of para-hydroxylation sites is 1. The first-order chi connectivity index (χ1) is 11.2. The zero-order valence-electron chi connectivity index (χ0n) is 13.7. The van der Waals surface area contributed by atoms with E-state index in [0.717, 1.165) is 22.4 Å². The molecule has 2 rings (SSSR count). The van der Waals surface area contributed by atoms with E-state index in [9.17, 15) is 4.79 Å². The standard InChI is InChI=1S/C19H23NO3/c1-15-7-3-6-10-18(15)23-12-11-19(21)20-13-16-8-4-5-9-17(16)14-22-2/h3-10H,11-14H2,1-2H3,(H,20,21). The zero-order chi connectivity index (χ0) is 16.5. The van der Waals surface area contributed by atoms with Crippen LogP contribution in [0.1, 0.15) is 23.1 Å². The fraction of sp³-hybridized carbons (Fsp3) is 0.316. The van der Waals surface area contributed by atoms with Crippen LogP contribution in [0.2, 0.25) is 0 Å². The highest BCUT2D eigenvalue weighted by atomic mass is 16.5. The van der Waals surface area contributed by atoms with E-state index in [1.807, 2.05) is 55.5 Å². The summed E-state index contributed by atoms with van der Waals surface area (Å²) < 4.78 is 10.8. The van der Waals surface area contributed by atoms with Gasteiger partial charge in [0.15, 0.2) is 0 Å². The summed E-state index contributed by atoms with van der Waals surface area (Å²) in [5, 5.41) is 2.92. The van der Waals surface area contributed by atoms with Gasteiger partial charge in [0, 0.05) is 13.7 Å². The Labute approximate surface area is 137 Å². The van der Waals surface area contributed by atoms with Crippen molar-refractivity contribution in [2.45, 2.75) is 26.5 Å². The van der Waals surface area contributed by atoms with Gasteiger partial charge in [-0.25, -0.2) is 0 Å². The van der Waals surface area contributed by atoms with Crippen LogP contribution in [0.5, 0.6) is 5.75 Å². The Hall–Kier alpha value is -2.33. The molecule has 0 fully saturated rings. The van der Waals surface area contributed by atoms with Crippen molar-refractivity contribution in [1.29, 1.82) is 0 Å². The highest BCUT2D eigenvalue weighted by Crippen LogP contribution is 2.16. The van der Waals surface area contributed by atoms with Gasteiger partial charge >= 0.3 is 0 Å². The number of rotatable bonds is 8. The van der Waals surface area contributed by atoms with Crippen molar-refractivity contribution in [1.82, 2.24) is 5.32 Å². The maximum atomic E-state index is 11.9. The largest absolute Gasteiger partial charge is 0.493 e. The van der Waals surface area contributed by atoms with Crippen molar-refractivity contribution in [3.05, 3.63) is 65.2 Å². The number of carbonyl (C=O) groups excluding carboxylic acids is 1. The summed E-state index contributed by atoms with van der Waals surface area (Å²) in [6, 6.07) is 15.7. The molecule has 0 saturated carbocycles. The Bertz CT molecular complexity index is 640. The van der Waals surface area contributed by atoms with Crippen molar-refractivity contribution in [3.8, 4) is 5.75 Å². The predicted octanol–water partition coefficient (Wildman–Crippen LogP) is 3.23. The van der Waals surface area contributed by atoms with Gasteiger partial charge in [-0.3, -0.25) is 4.79 Å². The molecule has 0 atom stereocenters. The summed E-state index contributed by atoms with van der Waals surface area (Å²) in [5.74, 6) is 0.802. The summed E-state index contributed by atoms with van der Waals surface area (Å²) >= 11 is 0. The highest BCUT2D eigenvalue weighted by molar-refractivity contribution is 5.76. The molecule has 2 aromatic rings. The third-order valence-electron chi connectivity index (χ3n) is 3.57. The Morgan fingerprint density at radius 1 is 1.04 bits per heavy atom. The molecule has 0 saturated heterocycles. The summed E-state index contributed by atoms with van der Waals surface area (Å²) in [6.45, 7) is 3.41. The van der Waals surface area contributed by atoms with E-state index in [1.165, 1.54) is 0 Å². The van der Waals surface area contributed by atoms with Gasteiger partial charge in [0.05, 0.1) is 19.6 Å². The Morgan fingerprint density at radius 2 is 1.74 bits per heavy atom. The fourth-order valence-electron chi connectivity index (χ4n) is 2.28. The van der Waals surface area contributed by atoms with E-state index in [2.05, 4.69) is 5.32 Å². The highest BCUT2D eigenvalue weighted by Gasteiger charge is 2.06. The number of hydrogen-bond acceptors (Lipinski definition) is 3. The first-order valence-corrected chi connectivity index (χ1v) is 7.71. The maximum absolute atomic E-state index is 11.9. The number of aryl methyl sites for hydroxylation is 1. The minimum atomic E-state index is -0.0224. The smallest absolute Gasteiger partial charge is 0.223 e. The van der Waals surface area contributed by atoms with Gasteiger partial charge in [0.1, 0.15) is 5.75 Å². The van der Waals surface area contributed by atoms with E-state index < -0.39 is 0 Å². The molecular weight excluding hydrogens is 290 g/mol. The lowest BCUT2D eigenvalue weighted by Crippen LogP contribution is -2.25. The third kappa shape index (κ3) is 5.42. The number of hydrogen-bond donors (Lipinski definition) is 1. The van der Waals surface area contributed by atoms with E-state index in [-0.39, 0.29) is 5.91 Å². The van der Waals surface area contributed by atoms with Gasteiger partial charge in [0.2, 0.25) is 5.91 Å². The van der Waals surface area contributed by atoms with Crippen LogP contribution >= 0.6 is 0 Å². The molecule has 0 heterocycles. The SMILES string of the molecule is COCc1ccccc1CNC(=O)CCOc1ccccc1C. The normalized spacial score (nSPS) is 10.3. The van der Waals surface area contributed by atoms with Crippen molar-refractivity contribution >= 4 is 5.91 Å². The molecule has 0 aliphatic heterocycles. The molecule has 0 unspecified atom stereocenters. The van der Waals surface area contributed by atoms with Gasteiger partial charge in [-0.15, -0.1) is 0 Å². The number of amides is 1. The molecule has 0 aromatic heterocycles. The zero-order valence-corrected chi connectivity index (χ0v) is 13.7. The van der Waals surface area contributed by atoms with E-state index >= 15 is 0 Å². The lowest BCUT2D eigenvalue weighted by Gasteiger charge is -2.11. The second-order valence-corrected chi connectivity index (χ2v) is 5.34. The van der Waals surface area contributed by atoms with Crippen LogP contribution in [0.15, 0.2) is 48.5 Å². The summed E-state index contributed by atoms with van der Waals surface area (Å²) in [4.78, 5) is 11.9. The summed E-state index contributed by atoms with van der Waals surface area (Å²) in [6.07, 6.45) is 0.334. The molecule has 0 bridgehead atoms. The van der Waals surface area contributed by atoms with Crippen molar-refractivity contribution in [3.63, 3.8) is 0 Å². The van der Waals surface area contributed by atoms with E-state index in [4.69, 9.17) is 9.47 Å². The van der Waals surface area contributed by atoms with Crippen LogP contribution in [0.3, 0.4) is 0 Å². The average Bonchev–Trinajstić information content (AvgIpc) is 2.56. The first-order valence-electron chi connectivity index (χ1n) is 7.71. The second kappa shape index (κ2) is 8.96. The lowest BCUT2D eigenvalue weighted by atomic mass is 10.1. The Balaban J connectivity index is 1.76. The first kappa shape index (κ1) is 17.0. The van der Waals surface area contributed by atoms with Gasteiger partial charge in [-0.05, 0) is 29.7 Å². The minimum absolute atomic E-state index is 0.0224. The molecular formula is C19H23NO3. The van der Waals surface area contributed by atoms with Crippen LogP contribution in [0.25, 0.3) is 0 Å². The monoisotopic (exact) mass is 313 g/mol. The molecule has 23 heavy (non-hydrogen) atoms. The number of carbonyl (C=O) groups is 1. The lowest BCUT2D eigenvalue weighted by molar-refractivity contribution is -0.121. The van der Waals surface area contributed by atoms with Crippen molar-refractivity contribution in [2.75, 3.05) is 13.7 Å². The molecule has 2 aromatic carbocycles. The van der Waals surface area contributed by atoms with Crippen molar-refractivity contribution < 1.29 is 14.3 Å². The molecule has 1 amide bonds. The molecule has 4 nitrogen and oxygen atoms in total. The second-order valence-electron chi connectivity index (χ2n) is 5.34. The summed E-state index contributed by atoms with van der Waals surface area (Å²) in [5.41, 5.74) is 3.23. The minimum Gasteiger partial charge on any atom is -0.493 e. The van der Waals surface area contributed by atoms with Gasteiger partial charge in [-0.1, -0.05) is 42.5 Å². The molecule has 1 N–H and O–H groups in total. The number of benzene rings is 2. The Kier molecular flexibility index (Phi) is 6.63. The fourth-order valence-corrected chi connectivity index (χ4v) is 2.28. The molecule has 0 spiro atoms. The van der Waals surface area contributed by atoms with Crippen molar-refractivity contribution in [2.24, 2.45) is 0 Å². The average molecular weight is 313 g/mol. The van der Waals surface area contributed by atoms with Gasteiger partial charge in [-0.2, -0.15) is 0 Å². The van der Waals surface area contributed by atoms with Crippen LogP contribution in [-0.2, 0) is 22.7 Å². The topological polar surface area (TPSA) is 47.6 Å². The number of ether oxygens (including phenoxy) is 2. The van der Waals surface area contributed by atoms with Gasteiger partial charge < -0.3 is 14.8 Å². The van der Waals surface area contributed by atoms with Gasteiger partial charge in [0.25, 0.3) is 0 Å². The molecule has 0 radical (unpaired) electrons. The van der Waals surface area contributed by atoms with Crippen LogP contribution in [0, 0.1) is 6.92 Å². The van der Waals surface area contributed by atoms with E-state index in [0.29, 0.717) is 26.2 Å². The quantitative estimate of drug-likeness (QED) is 0.814. The molecule has 0 aliphatic carbocycles. The number of methoxy groups -OCH3 is 1. The van der Waals surface area contributed by atoms with Crippen LogP contribution in [0.4, 0.5) is 0 Å². The summed E-state index contributed by atoms with van der Waals surface area (Å²) in [7, 11) is 1.66. The van der Waals surface area contributed by atoms with Crippen LogP contribution in [-0.4, -0.2) is 19.6 Å². The molecule has 4 heteroatoms. The number of nitrogens with one attached hydrogen (secondary N) is 1. The van der Waals surface area contributed by atoms with Crippen LogP contribution < -0.4 is 10.1 Å². The molecule has 0 aliphatic rings. The Morgan fingerprint density at radius 3 is 2.48 bits per heavy atom. The predicted molar refractivity (Wildman–Crippen MR) is 90.3 cm³/mol. The van der Waals surface area contributed by atoms with E-state index in [1.54, 1.807) is 7.11 Å².